The van der Waals surface area contributed by atoms with Crippen LogP contribution in [0.3, 0.4) is 0 Å². The van der Waals surface area contributed by atoms with Gasteiger partial charge in [-0.1, -0.05) is 26.2 Å². The summed E-state index contributed by atoms with van der Waals surface area (Å²) in [6.45, 7) is 7.41. The van der Waals surface area contributed by atoms with Crippen molar-refractivity contribution in [2.45, 2.75) is 39.5 Å². The molecule has 0 bridgehead atoms. The molecular weight excluding hydrogens is 242 g/mol. The molecule has 2 atom stereocenters. The van der Waals surface area contributed by atoms with Gasteiger partial charge in [0.25, 0.3) is 0 Å². The number of thioether (sulfide) groups is 1. The van der Waals surface area contributed by atoms with Gasteiger partial charge in [0, 0.05) is 25.4 Å². The van der Waals surface area contributed by atoms with Gasteiger partial charge < -0.3 is 10.6 Å². The zero-order valence-corrected chi connectivity index (χ0v) is 13.0. The Morgan fingerprint density at radius 3 is 2.72 bits per heavy atom. The van der Waals surface area contributed by atoms with Gasteiger partial charge in [0.1, 0.15) is 0 Å². The molecule has 3 nitrogen and oxygen atoms in total. The lowest BCUT2D eigenvalue weighted by Gasteiger charge is -2.27. The summed E-state index contributed by atoms with van der Waals surface area (Å²) in [5.41, 5.74) is 0. The molecule has 0 aromatic carbocycles. The molecule has 0 spiro atoms. The zero-order valence-electron chi connectivity index (χ0n) is 12.2. The number of nitrogens with one attached hydrogen (secondary N) is 2. The van der Waals surface area contributed by atoms with Gasteiger partial charge in [0.05, 0.1) is 0 Å². The van der Waals surface area contributed by atoms with Crippen molar-refractivity contribution in [3.63, 3.8) is 0 Å². The van der Waals surface area contributed by atoms with Crippen LogP contribution >= 0.6 is 11.8 Å². The predicted octanol–water partition coefficient (Wildman–Crippen LogP) is 2.73. The lowest BCUT2D eigenvalue weighted by Crippen LogP contribution is -2.39. The average molecular weight is 271 g/mol. The summed E-state index contributed by atoms with van der Waals surface area (Å²) in [6, 6.07) is 0. The molecule has 4 heteroatoms. The highest BCUT2D eigenvalue weighted by molar-refractivity contribution is 7.98. The molecule has 0 saturated heterocycles. The first kappa shape index (κ1) is 15.7. The third-order valence-corrected chi connectivity index (χ3v) is 4.33. The van der Waals surface area contributed by atoms with Crippen molar-refractivity contribution in [2.75, 3.05) is 31.6 Å². The van der Waals surface area contributed by atoms with Crippen LogP contribution in [0.25, 0.3) is 0 Å². The molecule has 1 rings (SSSR count). The van der Waals surface area contributed by atoms with Crippen molar-refractivity contribution in [2.24, 2.45) is 16.8 Å². The van der Waals surface area contributed by atoms with Crippen molar-refractivity contribution in [3.8, 4) is 0 Å². The zero-order chi connectivity index (χ0) is 13.2. The summed E-state index contributed by atoms with van der Waals surface area (Å²) in [6.07, 6.45) is 7.68. The predicted molar refractivity (Wildman–Crippen MR) is 83.5 cm³/mol. The van der Waals surface area contributed by atoms with Crippen LogP contribution in [0.1, 0.15) is 39.5 Å². The van der Waals surface area contributed by atoms with Gasteiger partial charge in [-0.25, -0.2) is 0 Å². The number of guanidine groups is 1. The SMILES string of the molecule is CCNC(=NCC1CCCCC1C)NCCSC. The molecule has 2 N–H and O–H groups in total. The highest BCUT2D eigenvalue weighted by Gasteiger charge is 2.20. The molecule has 0 radical (unpaired) electrons. The van der Waals surface area contributed by atoms with E-state index in [-0.39, 0.29) is 0 Å². The Morgan fingerprint density at radius 1 is 1.28 bits per heavy atom. The fourth-order valence-electron chi connectivity index (χ4n) is 2.49. The van der Waals surface area contributed by atoms with Crippen LogP contribution < -0.4 is 10.6 Å². The second-order valence-electron chi connectivity index (χ2n) is 5.16. The molecule has 0 heterocycles. The minimum Gasteiger partial charge on any atom is -0.357 e. The van der Waals surface area contributed by atoms with Crippen molar-refractivity contribution >= 4 is 17.7 Å². The van der Waals surface area contributed by atoms with E-state index < -0.39 is 0 Å². The quantitative estimate of drug-likeness (QED) is 0.443. The van der Waals surface area contributed by atoms with E-state index >= 15 is 0 Å². The number of hydrogen-bond acceptors (Lipinski definition) is 2. The molecule has 1 saturated carbocycles. The van der Waals surface area contributed by atoms with Crippen molar-refractivity contribution in [1.82, 2.24) is 10.6 Å². The summed E-state index contributed by atoms with van der Waals surface area (Å²) in [5, 5.41) is 6.72. The van der Waals surface area contributed by atoms with E-state index in [1.54, 1.807) is 0 Å². The van der Waals surface area contributed by atoms with E-state index in [0.717, 1.165) is 43.2 Å². The number of nitrogens with zero attached hydrogens (tertiary/aromatic N) is 1. The highest BCUT2D eigenvalue weighted by atomic mass is 32.2. The lowest BCUT2D eigenvalue weighted by atomic mass is 9.80. The Morgan fingerprint density at radius 2 is 2.06 bits per heavy atom. The fraction of sp³-hybridized carbons (Fsp3) is 0.929. The minimum atomic E-state index is 0.787. The van der Waals surface area contributed by atoms with E-state index in [4.69, 9.17) is 4.99 Å². The average Bonchev–Trinajstić information content (AvgIpc) is 2.38. The standard InChI is InChI=1S/C14H29N3S/c1-4-15-14(16-9-10-18-3)17-11-13-8-6-5-7-12(13)2/h12-13H,4-11H2,1-3H3,(H2,15,16,17). The summed E-state index contributed by atoms with van der Waals surface area (Å²) < 4.78 is 0. The molecule has 1 aliphatic rings. The number of hydrogen-bond donors (Lipinski definition) is 2. The topological polar surface area (TPSA) is 36.4 Å². The summed E-state index contributed by atoms with van der Waals surface area (Å²) >= 11 is 1.86. The Bertz CT molecular complexity index is 243. The van der Waals surface area contributed by atoms with Gasteiger partial charge in [-0.05, 0) is 31.4 Å². The summed E-state index contributed by atoms with van der Waals surface area (Å²) in [5.74, 6) is 3.75. The normalized spacial score (nSPS) is 24.9. The maximum atomic E-state index is 4.74. The third kappa shape index (κ3) is 5.98. The van der Waals surface area contributed by atoms with E-state index in [9.17, 15) is 0 Å². The van der Waals surface area contributed by atoms with Gasteiger partial charge in [-0.2, -0.15) is 11.8 Å². The van der Waals surface area contributed by atoms with Crippen LogP contribution in [0, 0.1) is 11.8 Å². The highest BCUT2D eigenvalue weighted by Crippen LogP contribution is 2.29. The van der Waals surface area contributed by atoms with Crippen molar-refractivity contribution in [1.29, 1.82) is 0 Å². The molecule has 0 aromatic heterocycles. The molecular formula is C14H29N3S. The molecule has 1 aliphatic carbocycles. The van der Waals surface area contributed by atoms with Crippen molar-refractivity contribution in [3.05, 3.63) is 0 Å². The largest absolute Gasteiger partial charge is 0.357 e. The van der Waals surface area contributed by atoms with Crippen LogP contribution in [0.4, 0.5) is 0 Å². The second kappa shape index (κ2) is 9.54. The first-order valence-corrected chi connectivity index (χ1v) is 8.68. The lowest BCUT2D eigenvalue weighted by molar-refractivity contribution is 0.263. The fourth-order valence-corrected chi connectivity index (χ4v) is 2.79. The van der Waals surface area contributed by atoms with E-state index in [2.05, 4.69) is 30.7 Å². The Hall–Kier alpha value is -0.380. The molecule has 2 unspecified atom stereocenters. The smallest absolute Gasteiger partial charge is 0.191 e. The molecule has 0 aromatic rings. The van der Waals surface area contributed by atoms with Crippen molar-refractivity contribution < 1.29 is 0 Å². The summed E-state index contributed by atoms with van der Waals surface area (Å²) in [7, 11) is 0. The number of aliphatic imine (C=N–C) groups is 1. The Kier molecular flexibility index (Phi) is 8.31. The third-order valence-electron chi connectivity index (χ3n) is 3.72. The van der Waals surface area contributed by atoms with Gasteiger partial charge in [-0.15, -0.1) is 0 Å². The Labute approximate surface area is 117 Å². The Balaban J connectivity index is 2.37. The minimum absolute atomic E-state index is 0.787. The van der Waals surface area contributed by atoms with Gasteiger partial charge in [0.2, 0.25) is 0 Å². The van der Waals surface area contributed by atoms with E-state index in [1.807, 2.05) is 11.8 Å². The van der Waals surface area contributed by atoms with Crippen LogP contribution in [0.5, 0.6) is 0 Å². The number of rotatable bonds is 6. The molecule has 0 aliphatic heterocycles. The molecule has 0 amide bonds. The maximum absolute atomic E-state index is 4.74. The van der Waals surface area contributed by atoms with Crippen LogP contribution in [-0.4, -0.2) is 37.6 Å². The van der Waals surface area contributed by atoms with Gasteiger partial charge in [-0.3, -0.25) is 4.99 Å². The van der Waals surface area contributed by atoms with Crippen LogP contribution in [0.2, 0.25) is 0 Å². The van der Waals surface area contributed by atoms with E-state index in [1.165, 1.54) is 25.7 Å². The monoisotopic (exact) mass is 271 g/mol. The molecule has 18 heavy (non-hydrogen) atoms. The van der Waals surface area contributed by atoms with E-state index in [0.29, 0.717) is 0 Å². The second-order valence-corrected chi connectivity index (χ2v) is 6.15. The summed E-state index contributed by atoms with van der Waals surface area (Å²) in [4.78, 5) is 4.74. The maximum Gasteiger partial charge on any atom is 0.191 e. The molecule has 1 fully saturated rings. The van der Waals surface area contributed by atoms with Crippen LogP contribution in [0.15, 0.2) is 4.99 Å². The van der Waals surface area contributed by atoms with Gasteiger partial charge >= 0.3 is 0 Å². The first-order chi connectivity index (χ1) is 8.77. The van der Waals surface area contributed by atoms with Crippen LogP contribution in [-0.2, 0) is 0 Å². The molecule has 106 valence electrons. The first-order valence-electron chi connectivity index (χ1n) is 7.29. The van der Waals surface area contributed by atoms with Gasteiger partial charge in [0.15, 0.2) is 5.96 Å².